The SMILES string of the molecule is C/C=C/[C@@H](O)C(C)(C)[C@]1(O)c2ccc(C(C)C)cc2C1(C)C. The van der Waals surface area contributed by atoms with Gasteiger partial charge in [0.1, 0.15) is 5.60 Å². The average molecular weight is 302 g/mol. The zero-order chi connectivity index (χ0) is 16.9. The van der Waals surface area contributed by atoms with Crippen molar-refractivity contribution in [3.63, 3.8) is 0 Å². The highest BCUT2D eigenvalue weighted by Crippen LogP contribution is 2.63. The van der Waals surface area contributed by atoms with Crippen LogP contribution in [0.15, 0.2) is 30.4 Å². The van der Waals surface area contributed by atoms with Gasteiger partial charge in [-0.25, -0.2) is 0 Å². The Labute approximate surface area is 134 Å². The molecule has 0 spiro atoms. The molecule has 2 heteroatoms. The van der Waals surface area contributed by atoms with Gasteiger partial charge < -0.3 is 10.2 Å². The summed E-state index contributed by atoms with van der Waals surface area (Å²) in [5.41, 5.74) is 1.33. The number of aliphatic hydroxyl groups is 2. The van der Waals surface area contributed by atoms with Crippen molar-refractivity contribution in [3.05, 3.63) is 47.0 Å². The molecule has 1 aromatic carbocycles. The molecule has 122 valence electrons. The lowest BCUT2D eigenvalue weighted by atomic mass is 9.45. The van der Waals surface area contributed by atoms with Crippen LogP contribution in [0, 0.1) is 5.41 Å². The van der Waals surface area contributed by atoms with Crippen LogP contribution in [0.5, 0.6) is 0 Å². The number of rotatable bonds is 4. The van der Waals surface area contributed by atoms with Crippen molar-refractivity contribution in [1.29, 1.82) is 0 Å². The molecule has 2 nitrogen and oxygen atoms in total. The molecule has 1 aromatic rings. The maximum absolute atomic E-state index is 11.6. The van der Waals surface area contributed by atoms with E-state index < -0.39 is 17.1 Å². The maximum Gasteiger partial charge on any atom is 0.107 e. The van der Waals surface area contributed by atoms with Gasteiger partial charge in [0.25, 0.3) is 0 Å². The minimum Gasteiger partial charge on any atom is -0.388 e. The minimum absolute atomic E-state index is 0.390. The van der Waals surface area contributed by atoms with E-state index >= 15 is 0 Å². The average Bonchev–Trinajstić information content (AvgIpc) is 2.45. The lowest BCUT2D eigenvalue weighted by molar-refractivity contribution is -0.182. The maximum atomic E-state index is 11.6. The zero-order valence-corrected chi connectivity index (χ0v) is 14.9. The van der Waals surface area contributed by atoms with Gasteiger partial charge in [0.05, 0.1) is 6.10 Å². The number of fused-ring (bicyclic) bond motifs is 1. The Hall–Kier alpha value is -1.12. The summed E-state index contributed by atoms with van der Waals surface area (Å²) in [6, 6.07) is 6.36. The molecule has 0 saturated carbocycles. The van der Waals surface area contributed by atoms with E-state index in [1.54, 1.807) is 6.08 Å². The van der Waals surface area contributed by atoms with Gasteiger partial charge in [-0.05, 0) is 29.5 Å². The van der Waals surface area contributed by atoms with E-state index in [1.807, 2.05) is 32.9 Å². The number of benzene rings is 1. The Morgan fingerprint density at radius 2 is 1.73 bits per heavy atom. The summed E-state index contributed by atoms with van der Waals surface area (Å²) in [6.07, 6.45) is 2.90. The van der Waals surface area contributed by atoms with Gasteiger partial charge >= 0.3 is 0 Å². The second-order valence-electron chi connectivity index (χ2n) is 7.99. The van der Waals surface area contributed by atoms with Crippen molar-refractivity contribution in [2.45, 2.75) is 71.5 Å². The first-order valence-electron chi connectivity index (χ1n) is 8.20. The molecule has 2 rings (SSSR count). The number of aliphatic hydroxyl groups excluding tert-OH is 1. The minimum atomic E-state index is -1.05. The summed E-state index contributed by atoms with van der Waals surface area (Å²) < 4.78 is 0. The van der Waals surface area contributed by atoms with Gasteiger partial charge in [-0.3, -0.25) is 0 Å². The lowest BCUT2D eigenvalue weighted by Gasteiger charge is -2.62. The monoisotopic (exact) mass is 302 g/mol. The Kier molecular flexibility index (Phi) is 4.08. The molecule has 2 N–H and O–H groups in total. The van der Waals surface area contributed by atoms with E-state index in [2.05, 4.69) is 39.8 Å². The third-order valence-corrected chi connectivity index (χ3v) is 5.72. The zero-order valence-electron chi connectivity index (χ0n) is 14.9. The van der Waals surface area contributed by atoms with Gasteiger partial charge in [-0.1, -0.05) is 71.9 Å². The van der Waals surface area contributed by atoms with Gasteiger partial charge in [-0.2, -0.15) is 0 Å². The van der Waals surface area contributed by atoms with E-state index in [0.717, 1.165) is 5.56 Å². The first-order chi connectivity index (χ1) is 10.0. The molecule has 22 heavy (non-hydrogen) atoms. The van der Waals surface area contributed by atoms with Crippen LogP contribution >= 0.6 is 0 Å². The van der Waals surface area contributed by atoms with E-state index in [9.17, 15) is 10.2 Å². The fraction of sp³-hybridized carbons (Fsp3) is 0.600. The number of hydrogen-bond acceptors (Lipinski definition) is 2. The Balaban J connectivity index is 2.57. The Morgan fingerprint density at radius 1 is 1.14 bits per heavy atom. The highest BCUT2D eigenvalue weighted by molar-refractivity contribution is 5.55. The van der Waals surface area contributed by atoms with Gasteiger partial charge in [0.2, 0.25) is 0 Å². The third kappa shape index (κ3) is 2.00. The molecule has 1 aliphatic carbocycles. The lowest BCUT2D eigenvalue weighted by Crippen LogP contribution is -2.65. The van der Waals surface area contributed by atoms with E-state index in [1.165, 1.54) is 11.1 Å². The molecule has 0 bridgehead atoms. The largest absolute Gasteiger partial charge is 0.388 e. The van der Waals surface area contributed by atoms with E-state index in [-0.39, 0.29) is 5.41 Å². The van der Waals surface area contributed by atoms with Crippen LogP contribution in [0.3, 0.4) is 0 Å². The molecule has 0 aromatic heterocycles. The van der Waals surface area contributed by atoms with Gasteiger partial charge in [0.15, 0.2) is 0 Å². The fourth-order valence-corrected chi connectivity index (χ4v) is 4.01. The van der Waals surface area contributed by atoms with Crippen LogP contribution in [0.1, 0.15) is 71.1 Å². The molecule has 0 heterocycles. The molecule has 0 aliphatic heterocycles. The van der Waals surface area contributed by atoms with Gasteiger partial charge in [0, 0.05) is 10.8 Å². The molecule has 1 aliphatic rings. The topological polar surface area (TPSA) is 40.5 Å². The second-order valence-corrected chi connectivity index (χ2v) is 7.99. The van der Waals surface area contributed by atoms with Gasteiger partial charge in [-0.15, -0.1) is 0 Å². The van der Waals surface area contributed by atoms with Crippen LogP contribution in [0.25, 0.3) is 0 Å². The van der Waals surface area contributed by atoms with Crippen molar-refractivity contribution in [2.24, 2.45) is 5.41 Å². The van der Waals surface area contributed by atoms with Crippen LogP contribution in [-0.4, -0.2) is 16.3 Å². The fourth-order valence-electron chi connectivity index (χ4n) is 4.01. The van der Waals surface area contributed by atoms with E-state index in [0.29, 0.717) is 5.92 Å². The molecule has 2 atom stereocenters. The van der Waals surface area contributed by atoms with Crippen molar-refractivity contribution in [3.8, 4) is 0 Å². The normalized spacial score (nSPS) is 25.2. The molecule has 0 saturated heterocycles. The summed E-state index contributed by atoms with van der Waals surface area (Å²) in [6.45, 7) is 14.3. The quantitative estimate of drug-likeness (QED) is 0.816. The summed E-state index contributed by atoms with van der Waals surface area (Å²) in [7, 11) is 0. The third-order valence-electron chi connectivity index (χ3n) is 5.72. The van der Waals surface area contributed by atoms with Crippen molar-refractivity contribution in [2.75, 3.05) is 0 Å². The Morgan fingerprint density at radius 3 is 2.23 bits per heavy atom. The summed E-state index contributed by atoms with van der Waals surface area (Å²) in [5, 5.41) is 22.1. The van der Waals surface area contributed by atoms with E-state index in [4.69, 9.17) is 0 Å². The number of allylic oxidation sites excluding steroid dienone is 1. The molecule has 0 radical (unpaired) electrons. The predicted molar refractivity (Wildman–Crippen MR) is 92.1 cm³/mol. The van der Waals surface area contributed by atoms with Crippen molar-refractivity contribution in [1.82, 2.24) is 0 Å². The van der Waals surface area contributed by atoms with Crippen LogP contribution < -0.4 is 0 Å². The molecule has 0 amide bonds. The van der Waals surface area contributed by atoms with Crippen LogP contribution in [0.4, 0.5) is 0 Å². The summed E-state index contributed by atoms with van der Waals surface area (Å²) in [5.74, 6) is 0.469. The highest BCUT2D eigenvalue weighted by Gasteiger charge is 2.65. The summed E-state index contributed by atoms with van der Waals surface area (Å²) in [4.78, 5) is 0. The first kappa shape index (κ1) is 17.2. The smallest absolute Gasteiger partial charge is 0.107 e. The van der Waals surface area contributed by atoms with Crippen molar-refractivity contribution < 1.29 is 10.2 Å². The van der Waals surface area contributed by atoms with Crippen LogP contribution in [-0.2, 0) is 11.0 Å². The highest BCUT2D eigenvalue weighted by atomic mass is 16.3. The van der Waals surface area contributed by atoms with Crippen LogP contribution in [0.2, 0.25) is 0 Å². The first-order valence-corrected chi connectivity index (χ1v) is 8.20. The standard InChI is InChI=1S/C20H30O2/c1-8-9-17(21)19(6,7)20(22)15-11-10-14(13(2)3)12-16(15)18(20,4)5/h8-13,17,21-22H,1-7H3/b9-8+/t17-,20+/m1/s1. The predicted octanol–water partition coefficient (Wildman–Crippen LogP) is 4.25. The van der Waals surface area contributed by atoms with Crippen molar-refractivity contribution >= 4 is 0 Å². The molecular weight excluding hydrogens is 272 g/mol. The second kappa shape index (κ2) is 5.21. The molecule has 0 unspecified atom stereocenters. The molecule has 0 fully saturated rings. The molecular formula is C20H30O2. The Bertz CT molecular complexity index is 596. The summed E-state index contributed by atoms with van der Waals surface area (Å²) >= 11 is 0. The number of hydrogen-bond donors (Lipinski definition) is 2.